The highest BCUT2D eigenvalue weighted by atomic mass is 19.1. The first-order valence-electron chi connectivity index (χ1n) is 11.1. The number of nitrogens with one attached hydrogen (secondary N) is 1. The van der Waals surface area contributed by atoms with Crippen LogP contribution in [0.25, 0.3) is 0 Å². The Kier molecular flexibility index (Phi) is 7.11. The largest absolute Gasteiger partial charge is 0.497 e. The van der Waals surface area contributed by atoms with Crippen LogP contribution in [0.5, 0.6) is 11.5 Å². The van der Waals surface area contributed by atoms with Gasteiger partial charge in [-0.15, -0.1) is 0 Å². The zero-order valence-electron chi connectivity index (χ0n) is 19.2. The van der Waals surface area contributed by atoms with Crippen molar-refractivity contribution in [3.8, 4) is 11.5 Å². The maximum Gasteiger partial charge on any atom is 0.227 e. The average molecular weight is 463 g/mol. The van der Waals surface area contributed by atoms with Crippen molar-refractivity contribution in [2.24, 2.45) is 5.92 Å². The van der Waals surface area contributed by atoms with Crippen LogP contribution in [0.2, 0.25) is 0 Å². The first-order chi connectivity index (χ1) is 16.5. The minimum atomic E-state index is -0.492. The molecule has 2 atom stereocenters. The summed E-state index contributed by atoms with van der Waals surface area (Å²) in [4.78, 5) is 28.2. The fraction of sp³-hybridized carbons (Fsp3) is 0.259. The third kappa shape index (κ3) is 5.03. The number of carbonyl (C=O) groups is 2. The second-order valence-electron chi connectivity index (χ2n) is 8.17. The van der Waals surface area contributed by atoms with Crippen molar-refractivity contribution in [3.63, 3.8) is 0 Å². The van der Waals surface area contributed by atoms with Gasteiger partial charge in [-0.25, -0.2) is 4.39 Å². The van der Waals surface area contributed by atoms with Gasteiger partial charge in [0.1, 0.15) is 17.3 Å². The summed E-state index contributed by atoms with van der Waals surface area (Å²) in [5, 5.41) is 2.97. The number of nitrogens with zero attached hydrogens (tertiary/aromatic N) is 1. The predicted octanol–water partition coefficient (Wildman–Crippen LogP) is 4.64. The molecular weight excluding hydrogens is 435 g/mol. The van der Waals surface area contributed by atoms with Gasteiger partial charge in [-0.2, -0.15) is 0 Å². The van der Waals surface area contributed by atoms with E-state index in [1.165, 1.54) is 12.1 Å². The molecule has 1 aliphatic heterocycles. The molecule has 0 aromatic heterocycles. The Morgan fingerprint density at radius 2 is 1.53 bits per heavy atom. The molecule has 1 saturated heterocycles. The Hall–Kier alpha value is -3.87. The molecule has 1 N–H and O–H groups in total. The molecule has 0 bridgehead atoms. The molecule has 34 heavy (non-hydrogen) atoms. The molecule has 6 nitrogen and oxygen atoms in total. The lowest BCUT2D eigenvalue weighted by Gasteiger charge is -2.41. The highest BCUT2D eigenvalue weighted by molar-refractivity contribution is 5.97. The lowest BCUT2D eigenvalue weighted by molar-refractivity contribution is -0.129. The van der Waals surface area contributed by atoms with Gasteiger partial charge < -0.3 is 19.7 Å². The minimum absolute atomic E-state index is 0.0476. The Morgan fingerprint density at radius 3 is 2.12 bits per heavy atom. The number of carbonyl (C=O) groups excluding carboxylic acids is 2. The van der Waals surface area contributed by atoms with Crippen molar-refractivity contribution in [1.82, 2.24) is 5.32 Å². The second-order valence-corrected chi connectivity index (χ2v) is 8.17. The lowest BCUT2D eigenvalue weighted by Crippen LogP contribution is -2.48. The summed E-state index contributed by atoms with van der Waals surface area (Å²) in [6.45, 7) is 0.279. The van der Waals surface area contributed by atoms with Crippen LogP contribution in [0, 0.1) is 11.7 Å². The molecule has 1 heterocycles. The molecule has 0 saturated carbocycles. The molecule has 0 aliphatic carbocycles. The topological polar surface area (TPSA) is 67.9 Å². The summed E-state index contributed by atoms with van der Waals surface area (Å²) in [5.41, 5.74) is 2.34. The van der Waals surface area contributed by atoms with Gasteiger partial charge in [0.15, 0.2) is 0 Å². The highest BCUT2D eigenvalue weighted by Gasteiger charge is 2.41. The smallest absolute Gasteiger partial charge is 0.227 e. The number of ether oxygens (including phenoxy) is 2. The first kappa shape index (κ1) is 23.3. The van der Waals surface area contributed by atoms with E-state index in [2.05, 4.69) is 5.32 Å². The Balaban J connectivity index is 1.65. The minimum Gasteiger partial charge on any atom is -0.497 e. The molecule has 0 radical (unpaired) electrons. The Morgan fingerprint density at radius 1 is 0.941 bits per heavy atom. The maximum absolute atomic E-state index is 13.4. The van der Waals surface area contributed by atoms with E-state index >= 15 is 0 Å². The summed E-state index contributed by atoms with van der Waals surface area (Å²) in [7, 11) is 3.18. The van der Waals surface area contributed by atoms with E-state index in [1.807, 2.05) is 36.4 Å². The van der Waals surface area contributed by atoms with Gasteiger partial charge in [-0.1, -0.05) is 24.3 Å². The van der Waals surface area contributed by atoms with Gasteiger partial charge in [-0.3, -0.25) is 9.59 Å². The van der Waals surface area contributed by atoms with Crippen molar-refractivity contribution in [3.05, 3.63) is 89.7 Å². The van der Waals surface area contributed by atoms with E-state index in [0.29, 0.717) is 23.6 Å². The second kappa shape index (κ2) is 10.4. The predicted molar refractivity (Wildman–Crippen MR) is 127 cm³/mol. The molecule has 0 spiro atoms. The van der Waals surface area contributed by atoms with Crippen LogP contribution >= 0.6 is 0 Å². The summed E-state index contributed by atoms with van der Waals surface area (Å²) in [6.07, 6.45) is 0.685. The van der Waals surface area contributed by atoms with Crippen LogP contribution in [0.4, 0.5) is 10.1 Å². The van der Waals surface area contributed by atoms with E-state index in [9.17, 15) is 14.0 Å². The fourth-order valence-corrected chi connectivity index (χ4v) is 4.32. The SMILES string of the molecule is COc1ccc(C2C(C(=O)NCc3ccc(F)cc3)CCC(=O)N2c2ccc(OC)cc2)cc1. The van der Waals surface area contributed by atoms with E-state index in [1.54, 1.807) is 43.4 Å². The van der Waals surface area contributed by atoms with Crippen LogP contribution in [-0.2, 0) is 16.1 Å². The summed E-state index contributed by atoms with van der Waals surface area (Å²) < 4.78 is 23.8. The van der Waals surface area contributed by atoms with Crippen LogP contribution in [0.3, 0.4) is 0 Å². The van der Waals surface area contributed by atoms with E-state index in [-0.39, 0.29) is 30.6 Å². The number of hydrogen-bond donors (Lipinski definition) is 1. The van der Waals surface area contributed by atoms with E-state index in [0.717, 1.165) is 11.1 Å². The van der Waals surface area contributed by atoms with Crippen molar-refractivity contribution in [1.29, 1.82) is 0 Å². The molecule has 3 aromatic carbocycles. The number of methoxy groups -OCH3 is 2. The standard InChI is InChI=1S/C27H27FN2O4/c1-33-22-11-5-19(6-12-22)26-24(27(32)29-17-18-3-7-20(28)8-4-18)15-16-25(31)30(26)21-9-13-23(34-2)14-10-21/h3-14,24,26H,15-17H2,1-2H3,(H,29,32). The zero-order valence-corrected chi connectivity index (χ0v) is 19.2. The summed E-state index contributed by atoms with van der Waals surface area (Å²) in [6, 6.07) is 20.2. The van der Waals surface area contributed by atoms with Gasteiger partial charge in [0.05, 0.1) is 26.2 Å². The molecule has 176 valence electrons. The van der Waals surface area contributed by atoms with Crippen LogP contribution in [-0.4, -0.2) is 26.0 Å². The monoisotopic (exact) mass is 462 g/mol. The van der Waals surface area contributed by atoms with Crippen molar-refractivity contribution in [2.75, 3.05) is 19.1 Å². The quantitative estimate of drug-likeness (QED) is 0.555. The molecule has 2 unspecified atom stereocenters. The number of halogens is 1. The molecule has 1 aliphatic rings. The third-order valence-electron chi connectivity index (χ3n) is 6.12. The normalized spacial score (nSPS) is 17.9. The van der Waals surface area contributed by atoms with Gasteiger partial charge in [0.2, 0.25) is 11.8 Å². The van der Waals surface area contributed by atoms with Gasteiger partial charge >= 0.3 is 0 Å². The van der Waals surface area contributed by atoms with E-state index < -0.39 is 12.0 Å². The van der Waals surface area contributed by atoms with Gasteiger partial charge in [0, 0.05) is 18.7 Å². The highest BCUT2D eigenvalue weighted by Crippen LogP contribution is 2.41. The van der Waals surface area contributed by atoms with Crippen LogP contribution in [0.15, 0.2) is 72.8 Å². The van der Waals surface area contributed by atoms with Gasteiger partial charge in [-0.05, 0) is 66.1 Å². The van der Waals surface area contributed by atoms with Crippen molar-refractivity contribution >= 4 is 17.5 Å². The van der Waals surface area contributed by atoms with Crippen molar-refractivity contribution < 1.29 is 23.5 Å². The number of benzene rings is 3. The number of amides is 2. The zero-order chi connectivity index (χ0) is 24.1. The van der Waals surface area contributed by atoms with E-state index in [4.69, 9.17) is 9.47 Å². The Labute approximate surface area is 198 Å². The molecule has 4 rings (SSSR count). The Bertz CT molecular complexity index is 1130. The number of hydrogen-bond acceptors (Lipinski definition) is 4. The molecule has 3 aromatic rings. The fourth-order valence-electron chi connectivity index (χ4n) is 4.32. The number of rotatable bonds is 7. The summed E-state index contributed by atoms with van der Waals surface area (Å²) in [5.74, 6) is 0.385. The third-order valence-corrected chi connectivity index (χ3v) is 6.12. The number of piperidine rings is 1. The maximum atomic E-state index is 13.4. The molecule has 7 heteroatoms. The molecule has 2 amide bonds. The molecular formula is C27H27FN2O4. The average Bonchev–Trinajstić information content (AvgIpc) is 2.88. The number of anilines is 1. The summed E-state index contributed by atoms with van der Waals surface area (Å²) >= 11 is 0. The van der Waals surface area contributed by atoms with Gasteiger partial charge in [0.25, 0.3) is 0 Å². The van der Waals surface area contributed by atoms with Crippen LogP contribution in [0.1, 0.15) is 30.0 Å². The van der Waals surface area contributed by atoms with Crippen molar-refractivity contribution in [2.45, 2.75) is 25.4 Å². The first-order valence-corrected chi connectivity index (χ1v) is 11.1. The molecule has 1 fully saturated rings. The lowest BCUT2D eigenvalue weighted by atomic mass is 9.83. The van der Waals surface area contributed by atoms with Crippen LogP contribution < -0.4 is 19.7 Å².